The Morgan fingerprint density at radius 3 is 2.56 bits per heavy atom. The van der Waals surface area contributed by atoms with Crippen LogP contribution in [0.2, 0.25) is 25.7 Å². The normalized spacial score (nSPS) is 14.3. The summed E-state index contributed by atoms with van der Waals surface area (Å²) < 4.78 is 16.9. The predicted molar refractivity (Wildman–Crippen MR) is 101 cm³/mol. The molecule has 2 rings (SSSR count). The molecule has 25 heavy (non-hydrogen) atoms. The Kier molecular flexibility index (Phi) is 5.82. The van der Waals surface area contributed by atoms with Crippen molar-refractivity contribution in [2.45, 2.75) is 52.6 Å². The van der Waals surface area contributed by atoms with Crippen molar-refractivity contribution in [3.8, 4) is 11.5 Å². The first-order valence-electron chi connectivity index (χ1n) is 8.53. The molecule has 0 radical (unpaired) electrons. The van der Waals surface area contributed by atoms with Gasteiger partial charge in [-0.1, -0.05) is 19.6 Å². The second-order valence-corrected chi connectivity index (χ2v) is 13.2. The van der Waals surface area contributed by atoms with E-state index < -0.39 is 8.07 Å². The van der Waals surface area contributed by atoms with Crippen LogP contribution in [0.15, 0.2) is 11.8 Å². The standard InChI is InChI=1S/C19H28O5Si/c1-12(20)7-8-14-17(22-3)13(2)15-11-24-19(21)16(15)18(14)23-9-10-25(4,5)6/h7,20H,8-11H2,1-6H3/b12-7+. The number of methoxy groups -OCH3 is 1. The molecule has 0 saturated carbocycles. The Hall–Kier alpha value is -1.95. The molecular weight excluding hydrogens is 336 g/mol. The third-order valence-corrected chi connectivity index (χ3v) is 6.03. The van der Waals surface area contributed by atoms with Gasteiger partial charge in [0.2, 0.25) is 0 Å². The van der Waals surface area contributed by atoms with Gasteiger partial charge in [-0.3, -0.25) is 0 Å². The molecule has 0 unspecified atom stereocenters. The molecule has 0 amide bonds. The second kappa shape index (κ2) is 7.52. The summed E-state index contributed by atoms with van der Waals surface area (Å²) in [5, 5.41) is 9.56. The number of esters is 1. The first kappa shape index (κ1) is 19.4. The van der Waals surface area contributed by atoms with Gasteiger partial charge in [0, 0.05) is 25.6 Å². The van der Waals surface area contributed by atoms with Gasteiger partial charge in [0.05, 0.1) is 19.5 Å². The number of benzene rings is 1. The minimum Gasteiger partial charge on any atom is -0.513 e. The number of hydrogen-bond donors (Lipinski definition) is 1. The summed E-state index contributed by atoms with van der Waals surface area (Å²) in [5.41, 5.74) is 3.01. The van der Waals surface area contributed by atoms with Gasteiger partial charge in [-0.2, -0.15) is 0 Å². The summed E-state index contributed by atoms with van der Waals surface area (Å²) >= 11 is 0. The number of rotatable bonds is 7. The van der Waals surface area contributed by atoms with Crippen LogP contribution in [-0.4, -0.2) is 32.9 Å². The Morgan fingerprint density at radius 1 is 1.32 bits per heavy atom. The molecule has 0 fully saturated rings. The molecule has 0 atom stereocenters. The minimum atomic E-state index is -1.26. The van der Waals surface area contributed by atoms with Crippen molar-refractivity contribution in [2.24, 2.45) is 0 Å². The van der Waals surface area contributed by atoms with Crippen molar-refractivity contribution in [2.75, 3.05) is 13.7 Å². The Morgan fingerprint density at radius 2 is 2.00 bits per heavy atom. The summed E-state index contributed by atoms with van der Waals surface area (Å²) in [6.07, 6.45) is 2.12. The lowest BCUT2D eigenvalue weighted by Crippen LogP contribution is -2.23. The number of ether oxygens (including phenoxy) is 3. The van der Waals surface area contributed by atoms with Gasteiger partial charge in [-0.05, 0) is 31.5 Å². The largest absolute Gasteiger partial charge is 0.513 e. The molecule has 138 valence electrons. The predicted octanol–water partition coefficient (Wildman–Crippen LogP) is 4.40. The lowest BCUT2D eigenvalue weighted by atomic mass is 9.95. The van der Waals surface area contributed by atoms with E-state index in [1.807, 2.05) is 6.92 Å². The third kappa shape index (κ3) is 4.37. The zero-order valence-electron chi connectivity index (χ0n) is 16.0. The molecule has 0 spiro atoms. The highest BCUT2D eigenvalue weighted by atomic mass is 28.3. The van der Waals surface area contributed by atoms with Crippen LogP contribution in [0.25, 0.3) is 0 Å². The molecule has 0 aliphatic carbocycles. The van der Waals surface area contributed by atoms with Crippen molar-refractivity contribution in [1.29, 1.82) is 0 Å². The van der Waals surface area contributed by atoms with Gasteiger partial charge in [-0.25, -0.2) is 4.79 Å². The number of carbonyl (C=O) groups excluding carboxylic acids is 1. The molecule has 1 heterocycles. The smallest absolute Gasteiger partial charge is 0.342 e. The molecule has 0 bridgehead atoms. The molecule has 1 aliphatic rings. The fourth-order valence-corrected chi connectivity index (χ4v) is 3.59. The van der Waals surface area contributed by atoms with E-state index in [0.29, 0.717) is 30.1 Å². The molecule has 1 aliphatic heterocycles. The highest BCUT2D eigenvalue weighted by Gasteiger charge is 2.33. The topological polar surface area (TPSA) is 65.0 Å². The zero-order chi connectivity index (χ0) is 18.8. The summed E-state index contributed by atoms with van der Waals surface area (Å²) in [4.78, 5) is 12.3. The van der Waals surface area contributed by atoms with Crippen molar-refractivity contribution in [3.63, 3.8) is 0 Å². The molecule has 6 heteroatoms. The molecule has 5 nitrogen and oxygen atoms in total. The fraction of sp³-hybridized carbons (Fsp3) is 0.526. The van der Waals surface area contributed by atoms with E-state index in [4.69, 9.17) is 14.2 Å². The van der Waals surface area contributed by atoms with E-state index in [0.717, 1.165) is 22.7 Å². The molecule has 1 N–H and O–H groups in total. The Bertz CT molecular complexity index is 697. The third-order valence-electron chi connectivity index (χ3n) is 4.33. The quantitative estimate of drug-likeness (QED) is 0.441. The molecule has 1 aromatic rings. The average molecular weight is 365 g/mol. The molecule has 0 saturated heterocycles. The molecule has 0 aromatic heterocycles. The number of fused-ring (bicyclic) bond motifs is 1. The van der Waals surface area contributed by atoms with E-state index in [-0.39, 0.29) is 18.3 Å². The SMILES string of the molecule is COc1c(C)c2c(c(OCC[Si](C)(C)C)c1C/C=C(\C)O)C(=O)OC2. The lowest BCUT2D eigenvalue weighted by molar-refractivity contribution is 0.0532. The van der Waals surface area contributed by atoms with Crippen LogP contribution in [0, 0.1) is 6.92 Å². The Balaban J connectivity index is 2.53. The van der Waals surface area contributed by atoms with Crippen molar-refractivity contribution in [1.82, 2.24) is 0 Å². The van der Waals surface area contributed by atoms with Crippen LogP contribution in [0.3, 0.4) is 0 Å². The van der Waals surface area contributed by atoms with E-state index in [1.165, 1.54) is 0 Å². The van der Waals surface area contributed by atoms with E-state index >= 15 is 0 Å². The van der Waals surface area contributed by atoms with Crippen LogP contribution in [-0.2, 0) is 17.8 Å². The van der Waals surface area contributed by atoms with E-state index in [1.54, 1.807) is 20.1 Å². The molecular formula is C19H28O5Si. The number of allylic oxidation sites excluding steroid dienone is 2. The van der Waals surface area contributed by atoms with Gasteiger partial charge in [0.1, 0.15) is 23.7 Å². The maximum atomic E-state index is 12.3. The van der Waals surface area contributed by atoms with Crippen LogP contribution in [0.5, 0.6) is 11.5 Å². The summed E-state index contributed by atoms with van der Waals surface area (Å²) in [6, 6.07) is 0.987. The van der Waals surface area contributed by atoms with Crippen LogP contribution >= 0.6 is 0 Å². The number of cyclic esters (lactones) is 1. The highest BCUT2D eigenvalue weighted by molar-refractivity contribution is 6.76. The highest BCUT2D eigenvalue weighted by Crippen LogP contribution is 2.43. The van der Waals surface area contributed by atoms with Gasteiger partial charge in [0.15, 0.2) is 0 Å². The summed E-state index contributed by atoms with van der Waals surface area (Å²) in [5.74, 6) is 1.10. The van der Waals surface area contributed by atoms with Crippen molar-refractivity contribution in [3.05, 3.63) is 34.1 Å². The summed E-state index contributed by atoms with van der Waals surface area (Å²) in [7, 11) is 0.344. The zero-order valence-corrected chi connectivity index (χ0v) is 17.0. The van der Waals surface area contributed by atoms with Crippen molar-refractivity contribution >= 4 is 14.0 Å². The second-order valence-electron chi connectivity index (χ2n) is 7.60. The van der Waals surface area contributed by atoms with Gasteiger partial charge < -0.3 is 19.3 Å². The fourth-order valence-electron chi connectivity index (χ4n) is 2.88. The first-order chi connectivity index (χ1) is 11.7. The van der Waals surface area contributed by atoms with Crippen molar-refractivity contribution < 1.29 is 24.1 Å². The first-order valence-corrected chi connectivity index (χ1v) is 12.2. The van der Waals surface area contributed by atoms with Gasteiger partial charge in [0.25, 0.3) is 0 Å². The maximum Gasteiger partial charge on any atom is 0.342 e. The summed E-state index contributed by atoms with van der Waals surface area (Å²) in [6.45, 7) is 11.2. The average Bonchev–Trinajstić information content (AvgIpc) is 2.88. The number of aliphatic hydroxyl groups is 1. The van der Waals surface area contributed by atoms with Crippen LogP contribution in [0.4, 0.5) is 0 Å². The number of hydrogen-bond acceptors (Lipinski definition) is 5. The van der Waals surface area contributed by atoms with Gasteiger partial charge in [-0.15, -0.1) is 0 Å². The van der Waals surface area contributed by atoms with Crippen LogP contribution in [0.1, 0.15) is 34.0 Å². The van der Waals surface area contributed by atoms with E-state index in [9.17, 15) is 9.90 Å². The van der Waals surface area contributed by atoms with E-state index in [2.05, 4.69) is 19.6 Å². The van der Waals surface area contributed by atoms with Crippen LogP contribution < -0.4 is 9.47 Å². The van der Waals surface area contributed by atoms with Gasteiger partial charge >= 0.3 is 5.97 Å². The number of aliphatic hydroxyl groups excluding tert-OH is 1. The maximum absolute atomic E-state index is 12.3. The molecule has 1 aromatic carbocycles. The Labute approximate surface area is 150 Å². The minimum absolute atomic E-state index is 0.218. The lowest BCUT2D eigenvalue weighted by Gasteiger charge is -2.21. The number of carbonyl (C=O) groups is 1. The monoisotopic (exact) mass is 364 g/mol.